The van der Waals surface area contributed by atoms with Gasteiger partial charge in [0.05, 0.1) is 5.69 Å². The van der Waals surface area contributed by atoms with Crippen molar-refractivity contribution in [2.24, 2.45) is 7.05 Å². The molecule has 1 N–H and O–H groups in total. The van der Waals surface area contributed by atoms with E-state index < -0.39 is 0 Å². The van der Waals surface area contributed by atoms with Gasteiger partial charge in [0.25, 0.3) is 0 Å². The molecule has 1 aromatic heterocycles. The molecule has 0 amide bonds. The van der Waals surface area contributed by atoms with Crippen molar-refractivity contribution in [2.45, 2.75) is 38.1 Å². The Labute approximate surface area is 136 Å². The molecule has 0 aliphatic carbocycles. The van der Waals surface area contributed by atoms with Gasteiger partial charge in [-0.1, -0.05) is 6.07 Å². The molecule has 0 radical (unpaired) electrons. The van der Waals surface area contributed by atoms with Crippen molar-refractivity contribution >= 4 is 11.8 Å². The number of benzene rings is 1. The van der Waals surface area contributed by atoms with Gasteiger partial charge in [0.15, 0.2) is 0 Å². The van der Waals surface area contributed by atoms with Crippen molar-refractivity contribution in [1.29, 1.82) is 0 Å². The Morgan fingerprint density at radius 3 is 2.64 bits per heavy atom. The highest BCUT2D eigenvalue weighted by Crippen LogP contribution is 2.23. The molecule has 5 heteroatoms. The lowest BCUT2D eigenvalue weighted by Crippen LogP contribution is -2.21. The van der Waals surface area contributed by atoms with Gasteiger partial charge in [-0.3, -0.25) is 4.68 Å². The van der Waals surface area contributed by atoms with Crippen molar-refractivity contribution < 1.29 is 4.39 Å². The number of hydrogen-bond donors (Lipinski definition) is 1. The molecule has 0 unspecified atom stereocenters. The number of thioether (sulfide) groups is 1. The van der Waals surface area contributed by atoms with E-state index in [4.69, 9.17) is 0 Å². The Kier molecular flexibility index (Phi) is 5.64. The SMILES string of the molecule is CSc1ccc([C@@H](C)NCCc2c(C)nn(C)c2C)cc1F. The van der Waals surface area contributed by atoms with Gasteiger partial charge in [-0.25, -0.2) is 4.39 Å². The summed E-state index contributed by atoms with van der Waals surface area (Å²) in [4.78, 5) is 0.692. The monoisotopic (exact) mass is 321 g/mol. The molecule has 1 heterocycles. The second-order valence-electron chi connectivity index (χ2n) is 5.59. The molecule has 0 saturated heterocycles. The Hall–Kier alpha value is -1.33. The predicted molar refractivity (Wildman–Crippen MR) is 91.0 cm³/mol. The van der Waals surface area contributed by atoms with Crippen molar-refractivity contribution in [3.05, 3.63) is 46.5 Å². The van der Waals surface area contributed by atoms with E-state index in [1.165, 1.54) is 23.0 Å². The third-order valence-electron chi connectivity index (χ3n) is 4.16. The summed E-state index contributed by atoms with van der Waals surface area (Å²) in [6.45, 7) is 7.05. The zero-order valence-electron chi connectivity index (χ0n) is 13.9. The number of halogens is 1. The third kappa shape index (κ3) is 3.70. The second-order valence-corrected chi connectivity index (χ2v) is 6.44. The molecule has 0 saturated carbocycles. The van der Waals surface area contributed by atoms with Gasteiger partial charge >= 0.3 is 0 Å². The minimum absolute atomic E-state index is 0.127. The molecule has 22 heavy (non-hydrogen) atoms. The maximum absolute atomic E-state index is 13.8. The molecule has 1 aromatic carbocycles. The van der Waals surface area contributed by atoms with Crippen LogP contribution in [0.25, 0.3) is 0 Å². The summed E-state index contributed by atoms with van der Waals surface area (Å²) in [5.41, 5.74) is 4.58. The molecule has 2 aromatic rings. The zero-order chi connectivity index (χ0) is 16.3. The molecule has 0 aliphatic rings. The second kappa shape index (κ2) is 7.29. The molecule has 0 spiro atoms. The summed E-state index contributed by atoms with van der Waals surface area (Å²) in [6.07, 6.45) is 2.82. The number of rotatable bonds is 6. The normalized spacial score (nSPS) is 12.6. The Morgan fingerprint density at radius 2 is 2.09 bits per heavy atom. The van der Waals surface area contributed by atoms with Crippen LogP contribution in [0.4, 0.5) is 4.39 Å². The first-order chi connectivity index (χ1) is 10.4. The maximum atomic E-state index is 13.8. The molecule has 3 nitrogen and oxygen atoms in total. The van der Waals surface area contributed by atoms with E-state index in [-0.39, 0.29) is 11.9 Å². The number of nitrogens with zero attached hydrogens (tertiary/aromatic N) is 2. The highest BCUT2D eigenvalue weighted by molar-refractivity contribution is 7.98. The first kappa shape index (κ1) is 17.0. The van der Waals surface area contributed by atoms with Crippen molar-refractivity contribution in [3.63, 3.8) is 0 Å². The minimum Gasteiger partial charge on any atom is -0.310 e. The average molecular weight is 321 g/mol. The van der Waals surface area contributed by atoms with Crippen LogP contribution in [0.15, 0.2) is 23.1 Å². The Morgan fingerprint density at radius 1 is 1.36 bits per heavy atom. The quantitative estimate of drug-likeness (QED) is 0.821. The van der Waals surface area contributed by atoms with Crippen LogP contribution >= 0.6 is 11.8 Å². The van der Waals surface area contributed by atoms with Crippen LogP contribution in [0.5, 0.6) is 0 Å². The molecule has 120 valence electrons. The predicted octanol–water partition coefficient (Wildman–Crippen LogP) is 3.79. The van der Waals surface area contributed by atoms with Gasteiger partial charge in [-0.05, 0) is 63.3 Å². The number of aromatic nitrogens is 2. The molecule has 0 bridgehead atoms. The maximum Gasteiger partial charge on any atom is 0.137 e. The van der Waals surface area contributed by atoms with Crippen LogP contribution in [-0.4, -0.2) is 22.6 Å². The summed E-state index contributed by atoms with van der Waals surface area (Å²) in [6, 6.07) is 5.60. The van der Waals surface area contributed by atoms with Crippen LogP contribution in [0.2, 0.25) is 0 Å². The molecule has 0 fully saturated rings. The van der Waals surface area contributed by atoms with Crippen LogP contribution in [0.1, 0.15) is 35.5 Å². The van der Waals surface area contributed by atoms with Crippen molar-refractivity contribution in [2.75, 3.05) is 12.8 Å². The molecule has 1 atom stereocenters. The smallest absolute Gasteiger partial charge is 0.137 e. The molecular weight excluding hydrogens is 297 g/mol. The first-order valence-electron chi connectivity index (χ1n) is 7.50. The molecule has 2 rings (SSSR count). The summed E-state index contributed by atoms with van der Waals surface area (Å²) >= 11 is 1.43. The van der Waals surface area contributed by atoms with E-state index in [9.17, 15) is 4.39 Å². The van der Waals surface area contributed by atoms with Gasteiger partial charge in [-0.2, -0.15) is 5.10 Å². The summed E-state index contributed by atoms with van der Waals surface area (Å²) in [5.74, 6) is -0.141. The van der Waals surface area contributed by atoms with Gasteiger partial charge in [0, 0.05) is 23.7 Å². The van der Waals surface area contributed by atoms with Gasteiger partial charge < -0.3 is 5.32 Å². The minimum atomic E-state index is -0.141. The summed E-state index contributed by atoms with van der Waals surface area (Å²) < 4.78 is 15.8. The van der Waals surface area contributed by atoms with Crippen LogP contribution in [0.3, 0.4) is 0 Å². The van der Waals surface area contributed by atoms with Crippen LogP contribution in [-0.2, 0) is 13.5 Å². The summed E-state index contributed by atoms with van der Waals surface area (Å²) in [7, 11) is 1.97. The average Bonchev–Trinajstić information content (AvgIpc) is 2.73. The fraction of sp³-hybridized carbons (Fsp3) is 0.471. The van der Waals surface area contributed by atoms with Crippen LogP contribution < -0.4 is 5.32 Å². The van der Waals surface area contributed by atoms with E-state index >= 15 is 0 Å². The Balaban J connectivity index is 1.95. The fourth-order valence-corrected chi connectivity index (χ4v) is 3.12. The zero-order valence-corrected chi connectivity index (χ0v) is 14.7. The largest absolute Gasteiger partial charge is 0.310 e. The van der Waals surface area contributed by atoms with Gasteiger partial charge in [-0.15, -0.1) is 11.8 Å². The van der Waals surface area contributed by atoms with Crippen molar-refractivity contribution in [1.82, 2.24) is 15.1 Å². The van der Waals surface area contributed by atoms with E-state index in [0.29, 0.717) is 4.90 Å². The standard InChI is InChI=1S/C17H24FN3S/c1-11(14-6-7-17(22-5)16(18)10-14)19-9-8-15-12(2)20-21(4)13(15)3/h6-7,10-11,19H,8-9H2,1-5H3/t11-/m1/s1. The number of nitrogens with one attached hydrogen (secondary N) is 1. The lowest BCUT2D eigenvalue weighted by Gasteiger charge is -2.15. The lowest BCUT2D eigenvalue weighted by molar-refractivity contribution is 0.559. The Bertz CT molecular complexity index is 652. The fourth-order valence-electron chi connectivity index (χ4n) is 2.66. The highest BCUT2D eigenvalue weighted by atomic mass is 32.2. The van der Waals surface area contributed by atoms with Crippen molar-refractivity contribution in [3.8, 4) is 0 Å². The van der Waals surface area contributed by atoms with Gasteiger partial charge in [0.1, 0.15) is 5.82 Å². The lowest BCUT2D eigenvalue weighted by atomic mass is 10.1. The van der Waals surface area contributed by atoms with E-state index in [1.807, 2.05) is 37.0 Å². The molecular formula is C17H24FN3S. The summed E-state index contributed by atoms with van der Waals surface area (Å²) in [5, 5.41) is 7.90. The van der Waals surface area contributed by atoms with Gasteiger partial charge in [0.2, 0.25) is 0 Å². The molecule has 0 aliphatic heterocycles. The van der Waals surface area contributed by atoms with E-state index in [0.717, 1.165) is 24.2 Å². The van der Waals surface area contributed by atoms with Crippen LogP contribution in [0, 0.1) is 19.7 Å². The van der Waals surface area contributed by atoms with E-state index in [2.05, 4.69) is 24.3 Å². The number of hydrogen-bond acceptors (Lipinski definition) is 3. The first-order valence-corrected chi connectivity index (χ1v) is 8.72. The highest BCUT2D eigenvalue weighted by Gasteiger charge is 2.11. The number of aryl methyl sites for hydroxylation is 2. The van der Waals surface area contributed by atoms with E-state index in [1.54, 1.807) is 6.07 Å². The third-order valence-corrected chi connectivity index (χ3v) is 4.93. The topological polar surface area (TPSA) is 29.9 Å².